The molecule has 0 bridgehead atoms. The fourth-order valence-electron chi connectivity index (χ4n) is 6.04. The second-order valence-corrected chi connectivity index (χ2v) is 10.7. The van der Waals surface area contributed by atoms with Crippen molar-refractivity contribution in [2.45, 2.75) is 49.3 Å². The van der Waals surface area contributed by atoms with Crippen LogP contribution in [-0.2, 0) is 5.41 Å². The van der Waals surface area contributed by atoms with Gasteiger partial charge in [-0.25, -0.2) is 9.18 Å². The molecule has 5 rings (SSSR count). The molecule has 190 valence electrons. The molecule has 0 spiro atoms. The molecule has 9 heteroatoms. The van der Waals surface area contributed by atoms with E-state index in [9.17, 15) is 24.7 Å². The van der Waals surface area contributed by atoms with Crippen LogP contribution in [0.3, 0.4) is 0 Å². The maximum atomic E-state index is 13.6. The molecule has 2 saturated carbocycles. The van der Waals surface area contributed by atoms with Gasteiger partial charge in [0.1, 0.15) is 5.82 Å². The number of nitrogens with one attached hydrogen (secondary N) is 1. The highest BCUT2D eigenvalue weighted by atomic mass is 35.5. The van der Waals surface area contributed by atoms with Crippen molar-refractivity contribution in [1.29, 1.82) is 5.26 Å². The number of hydrogen-bond acceptors (Lipinski definition) is 5. The molecular formula is C27H30ClFN4O3. The summed E-state index contributed by atoms with van der Waals surface area (Å²) in [6, 6.07) is 14.0. The van der Waals surface area contributed by atoms with E-state index in [1.54, 1.807) is 0 Å². The number of hydrogen-bond donors (Lipinski definition) is 3. The smallest absolute Gasteiger partial charge is 0.322 e. The Kier molecular flexibility index (Phi) is 6.92. The number of urea groups is 1. The number of carbonyl (C=O) groups excluding carboxylic acids is 1. The molecule has 2 aromatic carbocycles. The standard InChI is InChI=1S/C27H30ClFN4O3/c28-22-12-20(4-5-23(22)29)31-26(36)33(9-8-32-15-24(34)25(35)16-32)21-6-7-27(13-19(27)11-21)18-3-1-2-17(10-18)14-30/h1-5,10,12,19,21,24-25,34-35H,6-9,11,13,15-16H2,(H,31,36)/t19?,21-,24-,25-,27-/m1/s1. The summed E-state index contributed by atoms with van der Waals surface area (Å²) in [5.41, 5.74) is 2.39. The number of aliphatic hydroxyl groups excluding tert-OH is 2. The summed E-state index contributed by atoms with van der Waals surface area (Å²) in [5, 5.41) is 31.9. The van der Waals surface area contributed by atoms with E-state index in [4.69, 9.17) is 11.6 Å². The van der Waals surface area contributed by atoms with E-state index in [0.717, 1.165) is 25.7 Å². The third kappa shape index (κ3) is 4.94. The molecule has 0 radical (unpaired) electrons. The lowest BCUT2D eigenvalue weighted by Crippen LogP contribution is -2.48. The molecule has 3 N–H and O–H groups in total. The third-order valence-electron chi connectivity index (χ3n) is 8.14. The largest absolute Gasteiger partial charge is 0.389 e. The molecule has 2 amide bonds. The maximum Gasteiger partial charge on any atom is 0.322 e. The quantitative estimate of drug-likeness (QED) is 0.547. The zero-order valence-electron chi connectivity index (χ0n) is 19.9. The average Bonchev–Trinajstić information content (AvgIpc) is 3.53. The molecular weight excluding hydrogens is 483 g/mol. The Labute approximate surface area is 215 Å². The number of fused-ring (bicyclic) bond motifs is 1. The Balaban J connectivity index is 1.30. The number of carbonyl (C=O) groups is 1. The van der Waals surface area contributed by atoms with Crippen LogP contribution in [0.5, 0.6) is 0 Å². The molecule has 36 heavy (non-hydrogen) atoms. The molecule has 2 aromatic rings. The molecule has 3 aliphatic rings. The highest BCUT2D eigenvalue weighted by Crippen LogP contribution is 2.62. The maximum absolute atomic E-state index is 13.6. The Hall–Kier alpha value is -2.70. The van der Waals surface area contributed by atoms with Gasteiger partial charge in [-0.2, -0.15) is 5.26 Å². The van der Waals surface area contributed by atoms with Crippen LogP contribution >= 0.6 is 11.6 Å². The van der Waals surface area contributed by atoms with Gasteiger partial charge in [-0.05, 0) is 72.9 Å². The van der Waals surface area contributed by atoms with E-state index in [0.29, 0.717) is 43.3 Å². The lowest BCUT2D eigenvalue weighted by atomic mass is 9.80. The van der Waals surface area contributed by atoms with E-state index < -0.39 is 18.0 Å². The molecule has 7 nitrogen and oxygen atoms in total. The predicted molar refractivity (Wildman–Crippen MR) is 134 cm³/mol. The lowest BCUT2D eigenvalue weighted by molar-refractivity contribution is 0.0572. The summed E-state index contributed by atoms with van der Waals surface area (Å²) in [7, 11) is 0. The van der Waals surface area contributed by atoms with Crippen molar-refractivity contribution in [3.05, 3.63) is 64.4 Å². The Morgan fingerprint density at radius 2 is 2.03 bits per heavy atom. The third-order valence-corrected chi connectivity index (χ3v) is 8.43. The topological polar surface area (TPSA) is 99.8 Å². The minimum atomic E-state index is -0.778. The van der Waals surface area contributed by atoms with Crippen LogP contribution in [0.2, 0.25) is 5.02 Å². The first-order valence-corrected chi connectivity index (χ1v) is 12.8. The van der Waals surface area contributed by atoms with Gasteiger partial charge in [-0.1, -0.05) is 23.7 Å². The van der Waals surface area contributed by atoms with Crippen molar-refractivity contribution in [2.24, 2.45) is 5.92 Å². The second kappa shape index (κ2) is 9.98. The summed E-state index contributed by atoms with van der Waals surface area (Å²) in [5.74, 6) is -0.105. The van der Waals surface area contributed by atoms with Crippen molar-refractivity contribution in [3.63, 3.8) is 0 Å². The van der Waals surface area contributed by atoms with Crippen LogP contribution in [0, 0.1) is 23.1 Å². The highest BCUT2D eigenvalue weighted by molar-refractivity contribution is 6.31. The summed E-state index contributed by atoms with van der Waals surface area (Å²) < 4.78 is 13.6. The second-order valence-electron chi connectivity index (χ2n) is 10.3. The summed E-state index contributed by atoms with van der Waals surface area (Å²) in [6.07, 6.45) is 2.12. The zero-order chi connectivity index (χ0) is 25.4. The Morgan fingerprint density at radius 1 is 1.25 bits per heavy atom. The van der Waals surface area contributed by atoms with Gasteiger partial charge in [-0.3, -0.25) is 4.90 Å². The SMILES string of the molecule is N#Cc1cccc([C@]23CC[C@@H](N(CCN4C[C@@H](O)[C@H](O)C4)C(=O)Nc4ccc(F)c(Cl)c4)CC2C3)c1. The van der Waals surface area contributed by atoms with Gasteiger partial charge in [-0.15, -0.1) is 0 Å². The van der Waals surface area contributed by atoms with Crippen LogP contribution in [0.1, 0.15) is 36.8 Å². The monoisotopic (exact) mass is 512 g/mol. The van der Waals surface area contributed by atoms with Crippen LogP contribution in [0.4, 0.5) is 14.9 Å². The highest BCUT2D eigenvalue weighted by Gasteiger charge is 2.58. The van der Waals surface area contributed by atoms with E-state index in [1.807, 2.05) is 28.0 Å². The lowest BCUT2D eigenvalue weighted by Gasteiger charge is -2.37. The van der Waals surface area contributed by atoms with Gasteiger partial charge in [0.15, 0.2) is 0 Å². The van der Waals surface area contributed by atoms with Crippen LogP contribution in [0.25, 0.3) is 0 Å². The van der Waals surface area contributed by atoms with Crippen molar-refractivity contribution in [1.82, 2.24) is 9.80 Å². The van der Waals surface area contributed by atoms with Crippen molar-refractivity contribution < 1.29 is 19.4 Å². The number of likely N-dealkylation sites (tertiary alicyclic amines) is 1. The summed E-state index contributed by atoms with van der Waals surface area (Å²) in [6.45, 7) is 1.71. The molecule has 1 saturated heterocycles. The molecule has 1 heterocycles. The first-order chi connectivity index (χ1) is 17.3. The van der Waals surface area contributed by atoms with Gasteiger partial charge in [0, 0.05) is 37.9 Å². The van der Waals surface area contributed by atoms with Crippen LogP contribution in [-0.4, -0.2) is 70.5 Å². The van der Waals surface area contributed by atoms with Crippen molar-refractivity contribution in [3.8, 4) is 6.07 Å². The van der Waals surface area contributed by atoms with Gasteiger partial charge in [0.2, 0.25) is 0 Å². The minimum absolute atomic E-state index is 0.0261. The van der Waals surface area contributed by atoms with Gasteiger partial charge in [0.05, 0.1) is 28.9 Å². The van der Waals surface area contributed by atoms with E-state index in [2.05, 4.69) is 17.5 Å². The number of β-amino-alcohol motifs (C(OH)–C–C–N with tert-alkyl or cyclic N) is 2. The van der Waals surface area contributed by atoms with E-state index in [1.165, 1.54) is 23.8 Å². The van der Waals surface area contributed by atoms with E-state index in [-0.39, 0.29) is 22.5 Å². The fraction of sp³-hybridized carbons (Fsp3) is 0.481. The van der Waals surface area contributed by atoms with Gasteiger partial charge in [0.25, 0.3) is 0 Å². The number of aliphatic hydroxyl groups is 2. The molecule has 0 aromatic heterocycles. The first kappa shape index (κ1) is 25.0. The zero-order valence-corrected chi connectivity index (χ0v) is 20.7. The normalized spacial score (nSPS) is 29.3. The van der Waals surface area contributed by atoms with Crippen LogP contribution < -0.4 is 5.32 Å². The molecule has 1 unspecified atom stereocenters. The van der Waals surface area contributed by atoms with Crippen LogP contribution in [0.15, 0.2) is 42.5 Å². The molecule has 1 aliphatic heterocycles. The van der Waals surface area contributed by atoms with Gasteiger partial charge < -0.3 is 20.4 Å². The summed E-state index contributed by atoms with van der Waals surface area (Å²) >= 11 is 5.91. The number of nitriles is 1. The molecule has 3 fully saturated rings. The Morgan fingerprint density at radius 3 is 2.72 bits per heavy atom. The number of benzene rings is 2. The molecule has 2 aliphatic carbocycles. The minimum Gasteiger partial charge on any atom is -0.389 e. The fourth-order valence-corrected chi connectivity index (χ4v) is 6.22. The van der Waals surface area contributed by atoms with E-state index >= 15 is 0 Å². The first-order valence-electron chi connectivity index (χ1n) is 12.4. The number of amides is 2. The number of halogens is 2. The average molecular weight is 513 g/mol. The van der Waals surface area contributed by atoms with Crippen molar-refractivity contribution in [2.75, 3.05) is 31.5 Å². The summed E-state index contributed by atoms with van der Waals surface area (Å²) in [4.78, 5) is 17.2. The number of rotatable bonds is 6. The number of nitrogens with zero attached hydrogens (tertiary/aromatic N) is 3. The molecule has 5 atom stereocenters. The predicted octanol–water partition coefficient (Wildman–Crippen LogP) is 3.73. The number of anilines is 1. The van der Waals surface area contributed by atoms with Crippen molar-refractivity contribution >= 4 is 23.3 Å². The Bertz CT molecular complexity index is 1180. The van der Waals surface area contributed by atoms with Gasteiger partial charge >= 0.3 is 6.03 Å².